The second kappa shape index (κ2) is 9.57. The third kappa shape index (κ3) is 4.34. The molecule has 2 saturated heterocycles. The summed E-state index contributed by atoms with van der Waals surface area (Å²) in [5.41, 5.74) is 9.11. The molecule has 2 atom stereocenters. The normalized spacial score (nSPS) is 21.9. The third-order valence-corrected chi connectivity index (χ3v) is 7.96. The van der Waals surface area contributed by atoms with Crippen LogP contribution >= 0.6 is 0 Å². The van der Waals surface area contributed by atoms with E-state index in [1.807, 2.05) is 27.8 Å². The summed E-state index contributed by atoms with van der Waals surface area (Å²) in [4.78, 5) is 24.1. The maximum absolute atomic E-state index is 13.2. The molecule has 10 heteroatoms. The number of hydrogen-bond donors (Lipinski definition) is 3. The van der Waals surface area contributed by atoms with Crippen LogP contribution in [0.25, 0.3) is 11.0 Å². The molecule has 190 valence electrons. The molecular weight excluding hydrogens is 456 g/mol. The van der Waals surface area contributed by atoms with Gasteiger partial charge in [-0.05, 0) is 37.3 Å². The van der Waals surface area contributed by atoms with Crippen LogP contribution in [0, 0.1) is 5.92 Å². The number of nitrogen functional groups attached to an aromatic ring is 1. The molecule has 6 rings (SSSR count). The lowest BCUT2D eigenvalue weighted by molar-refractivity contribution is 0.0715. The van der Waals surface area contributed by atoms with E-state index in [2.05, 4.69) is 25.7 Å². The number of carbonyl (C=O) groups excluding carboxylic acids is 1. The van der Waals surface area contributed by atoms with Gasteiger partial charge in [0, 0.05) is 42.8 Å². The highest BCUT2D eigenvalue weighted by Gasteiger charge is 2.40. The van der Waals surface area contributed by atoms with Gasteiger partial charge in [0.2, 0.25) is 5.95 Å². The maximum Gasteiger partial charge on any atom is 0.254 e. The molecular formula is C26H34N8O2. The van der Waals surface area contributed by atoms with Crippen LogP contribution in [-0.2, 0) is 6.54 Å². The van der Waals surface area contributed by atoms with Gasteiger partial charge in [-0.1, -0.05) is 25.3 Å². The number of piperazine rings is 1. The Labute approximate surface area is 210 Å². The molecule has 10 nitrogen and oxygen atoms in total. The lowest BCUT2D eigenvalue weighted by atomic mass is 9.89. The van der Waals surface area contributed by atoms with Crippen molar-refractivity contribution < 1.29 is 9.53 Å². The number of aromatic nitrogens is 4. The first-order chi connectivity index (χ1) is 17.6. The minimum absolute atomic E-state index is 0.0662. The van der Waals surface area contributed by atoms with Crippen LogP contribution in [0.3, 0.4) is 0 Å². The molecule has 3 aliphatic rings. The summed E-state index contributed by atoms with van der Waals surface area (Å²) in [6.45, 7) is 2.98. The monoisotopic (exact) mass is 490 g/mol. The highest BCUT2D eigenvalue weighted by atomic mass is 16.5. The van der Waals surface area contributed by atoms with Crippen LogP contribution in [-0.4, -0.2) is 69.4 Å². The number of nitrogens with one attached hydrogen (secondary N) is 2. The summed E-state index contributed by atoms with van der Waals surface area (Å²) < 4.78 is 7.58. The Hall–Kier alpha value is -3.40. The fraction of sp³-hybridized carbons (Fsp3) is 0.538. The summed E-state index contributed by atoms with van der Waals surface area (Å²) in [5, 5.41) is 11.6. The van der Waals surface area contributed by atoms with E-state index in [4.69, 9.17) is 10.5 Å². The molecule has 1 aliphatic carbocycles. The van der Waals surface area contributed by atoms with Gasteiger partial charge in [0.1, 0.15) is 16.8 Å². The summed E-state index contributed by atoms with van der Waals surface area (Å²) >= 11 is 0. The van der Waals surface area contributed by atoms with Crippen molar-refractivity contribution in [3.05, 3.63) is 35.5 Å². The Morgan fingerprint density at radius 3 is 2.86 bits per heavy atom. The van der Waals surface area contributed by atoms with Gasteiger partial charge in [-0.2, -0.15) is 10.1 Å². The molecule has 2 aliphatic heterocycles. The fourth-order valence-electron chi connectivity index (χ4n) is 6.04. The SMILES string of the molecule is COc1cc(C(=O)N2C[C@@H]3C[C@H]2CN3)ccc1Cn1ncc2nc(N)nc(NCC3CCCCC3)c21. The first-order valence-corrected chi connectivity index (χ1v) is 13.0. The number of ether oxygens (including phenoxy) is 1. The number of fused-ring (bicyclic) bond motifs is 3. The first-order valence-electron chi connectivity index (χ1n) is 13.0. The lowest BCUT2D eigenvalue weighted by Crippen LogP contribution is -2.46. The van der Waals surface area contributed by atoms with Crippen LogP contribution in [0.2, 0.25) is 0 Å². The van der Waals surface area contributed by atoms with Crippen molar-refractivity contribution in [2.45, 2.75) is 57.2 Å². The third-order valence-electron chi connectivity index (χ3n) is 7.96. The molecule has 0 unspecified atom stereocenters. The number of rotatable bonds is 7. The number of hydrogen-bond acceptors (Lipinski definition) is 8. The van der Waals surface area contributed by atoms with Crippen LogP contribution in [0.1, 0.15) is 54.4 Å². The molecule has 1 amide bonds. The molecule has 0 spiro atoms. The van der Waals surface area contributed by atoms with Crippen LogP contribution in [0.5, 0.6) is 5.75 Å². The lowest BCUT2D eigenvalue weighted by Gasteiger charge is -2.27. The Balaban J connectivity index is 1.24. The van der Waals surface area contributed by atoms with Crippen molar-refractivity contribution in [1.29, 1.82) is 0 Å². The number of benzene rings is 1. The molecule has 3 aromatic rings. The summed E-state index contributed by atoms with van der Waals surface area (Å²) in [7, 11) is 1.64. The van der Waals surface area contributed by atoms with Crippen LogP contribution < -0.4 is 21.1 Å². The van der Waals surface area contributed by atoms with E-state index in [1.54, 1.807) is 13.3 Å². The van der Waals surface area contributed by atoms with Gasteiger partial charge in [-0.15, -0.1) is 0 Å². The van der Waals surface area contributed by atoms with Crippen molar-refractivity contribution in [2.24, 2.45) is 5.92 Å². The number of nitrogens with zero attached hydrogens (tertiary/aromatic N) is 5. The van der Waals surface area contributed by atoms with E-state index >= 15 is 0 Å². The van der Waals surface area contributed by atoms with Gasteiger partial charge >= 0.3 is 0 Å². The molecule has 2 aromatic heterocycles. The summed E-state index contributed by atoms with van der Waals surface area (Å²) in [5.74, 6) is 2.33. The van der Waals surface area contributed by atoms with Crippen molar-refractivity contribution >= 4 is 28.7 Å². The second-order valence-corrected chi connectivity index (χ2v) is 10.3. The minimum atomic E-state index is 0.0662. The predicted molar refractivity (Wildman–Crippen MR) is 138 cm³/mol. The van der Waals surface area contributed by atoms with Gasteiger partial charge in [-0.25, -0.2) is 4.98 Å². The number of carbonyl (C=O) groups is 1. The van der Waals surface area contributed by atoms with Gasteiger partial charge in [-0.3, -0.25) is 9.48 Å². The zero-order chi connectivity index (χ0) is 24.6. The Bertz CT molecular complexity index is 1270. The van der Waals surface area contributed by atoms with E-state index in [0.29, 0.717) is 41.2 Å². The average Bonchev–Trinajstić information content (AvgIpc) is 3.64. The van der Waals surface area contributed by atoms with Gasteiger partial charge in [0.25, 0.3) is 5.91 Å². The number of methoxy groups -OCH3 is 1. The predicted octanol–water partition coefficient (Wildman–Crippen LogP) is 2.64. The van der Waals surface area contributed by atoms with E-state index < -0.39 is 0 Å². The van der Waals surface area contributed by atoms with Crippen molar-refractivity contribution in [2.75, 3.05) is 37.8 Å². The molecule has 1 saturated carbocycles. The summed E-state index contributed by atoms with van der Waals surface area (Å²) in [6.07, 6.45) is 9.16. The average molecular weight is 491 g/mol. The Kier molecular flexibility index (Phi) is 6.12. The quantitative estimate of drug-likeness (QED) is 0.462. The highest BCUT2D eigenvalue weighted by Crippen LogP contribution is 2.30. The topological polar surface area (TPSA) is 123 Å². The number of amides is 1. The van der Waals surface area contributed by atoms with E-state index in [-0.39, 0.29) is 17.9 Å². The van der Waals surface area contributed by atoms with Crippen LogP contribution in [0.15, 0.2) is 24.4 Å². The molecule has 0 radical (unpaired) electrons. The smallest absolute Gasteiger partial charge is 0.254 e. The van der Waals surface area contributed by atoms with Crippen molar-refractivity contribution in [3.63, 3.8) is 0 Å². The molecule has 3 fully saturated rings. The number of anilines is 2. The number of nitrogens with two attached hydrogens (primary N) is 1. The molecule has 4 heterocycles. The van der Waals surface area contributed by atoms with Gasteiger partial charge in [0.05, 0.1) is 19.9 Å². The first kappa shape index (κ1) is 23.0. The molecule has 1 aromatic carbocycles. The van der Waals surface area contributed by atoms with Gasteiger partial charge < -0.3 is 26.0 Å². The van der Waals surface area contributed by atoms with E-state index in [0.717, 1.165) is 37.1 Å². The molecule has 36 heavy (non-hydrogen) atoms. The Morgan fingerprint density at radius 1 is 1.25 bits per heavy atom. The molecule has 4 N–H and O–H groups in total. The van der Waals surface area contributed by atoms with Crippen molar-refractivity contribution in [1.82, 2.24) is 30.0 Å². The molecule has 2 bridgehead atoms. The highest BCUT2D eigenvalue weighted by molar-refractivity contribution is 5.95. The number of likely N-dealkylation sites (tertiary alicyclic amines) is 1. The zero-order valence-corrected chi connectivity index (χ0v) is 20.7. The minimum Gasteiger partial charge on any atom is -0.496 e. The summed E-state index contributed by atoms with van der Waals surface area (Å²) in [6, 6.07) is 6.40. The van der Waals surface area contributed by atoms with E-state index in [1.165, 1.54) is 32.1 Å². The Morgan fingerprint density at radius 2 is 2.11 bits per heavy atom. The largest absolute Gasteiger partial charge is 0.496 e. The van der Waals surface area contributed by atoms with Crippen molar-refractivity contribution in [3.8, 4) is 5.75 Å². The standard InChI is InChI=1S/C26H34N8O2/c1-36-22-9-17(25(35)33-15-19-10-20(33)12-28-19)7-8-18(22)14-34-23-21(13-30-34)31-26(27)32-24(23)29-11-16-5-3-2-4-6-16/h7-9,13,16,19-20,28H,2-6,10-12,14-15H2,1H3,(H3,27,29,31,32)/t19-,20-/m0/s1. The van der Waals surface area contributed by atoms with Crippen LogP contribution in [0.4, 0.5) is 11.8 Å². The fourth-order valence-corrected chi connectivity index (χ4v) is 6.04. The zero-order valence-electron chi connectivity index (χ0n) is 20.7. The maximum atomic E-state index is 13.2. The second-order valence-electron chi connectivity index (χ2n) is 10.3. The van der Waals surface area contributed by atoms with Gasteiger partial charge in [0.15, 0.2) is 5.82 Å². The van der Waals surface area contributed by atoms with E-state index in [9.17, 15) is 4.79 Å².